The third-order valence-corrected chi connectivity index (χ3v) is 3.68. The van der Waals surface area contributed by atoms with Crippen molar-refractivity contribution in [2.24, 2.45) is 38.7 Å². The molecule has 3 atom stereocenters. The first-order valence-electron chi connectivity index (χ1n) is 8.89. The second-order valence-corrected chi connectivity index (χ2v) is 6.15. The second kappa shape index (κ2) is 14.0. The highest BCUT2D eigenvalue weighted by atomic mass is 16.4. The van der Waals surface area contributed by atoms with Crippen LogP contribution in [0, 0.1) is 0 Å². The summed E-state index contributed by atoms with van der Waals surface area (Å²) in [4.78, 5) is 43.2. The van der Waals surface area contributed by atoms with Gasteiger partial charge in [-0.2, -0.15) is 0 Å². The van der Waals surface area contributed by atoms with Gasteiger partial charge in [-0.05, 0) is 25.7 Å². The van der Waals surface area contributed by atoms with Gasteiger partial charge >= 0.3 is 5.97 Å². The molecule has 0 aliphatic rings. The smallest absolute Gasteiger partial charge is 0.328 e. The van der Waals surface area contributed by atoms with Crippen LogP contribution in [0.25, 0.3) is 0 Å². The topological polar surface area (TPSA) is 271 Å². The van der Waals surface area contributed by atoms with Crippen LogP contribution in [0.4, 0.5) is 0 Å². The molecule has 0 bridgehead atoms. The molecule has 14 heteroatoms. The van der Waals surface area contributed by atoms with Crippen molar-refractivity contribution in [3.8, 4) is 0 Å². The monoisotopic (exact) mass is 417 g/mol. The van der Waals surface area contributed by atoms with Gasteiger partial charge in [-0.3, -0.25) is 19.6 Å². The molecular weight excluding hydrogens is 386 g/mol. The van der Waals surface area contributed by atoms with Gasteiger partial charge in [0.25, 0.3) is 0 Å². The highest BCUT2D eigenvalue weighted by Crippen LogP contribution is 2.02. The summed E-state index contributed by atoms with van der Waals surface area (Å²) in [6.45, 7) is -0.308. The highest BCUT2D eigenvalue weighted by molar-refractivity contribution is 5.91. The molecule has 0 aromatic carbocycles. The maximum absolute atomic E-state index is 12.4. The van der Waals surface area contributed by atoms with Gasteiger partial charge in [0.1, 0.15) is 12.1 Å². The molecule has 0 aliphatic heterocycles. The van der Waals surface area contributed by atoms with Gasteiger partial charge in [0.05, 0.1) is 12.6 Å². The number of amides is 2. The van der Waals surface area contributed by atoms with Gasteiger partial charge in [-0.25, -0.2) is 4.79 Å². The van der Waals surface area contributed by atoms with Crippen molar-refractivity contribution in [2.45, 2.75) is 43.8 Å². The van der Waals surface area contributed by atoms with Crippen LogP contribution in [-0.2, 0) is 14.4 Å². The summed E-state index contributed by atoms with van der Waals surface area (Å²) in [5, 5.41) is 22.6. The Hall–Kier alpha value is -3.13. The zero-order chi connectivity index (χ0) is 22.4. The SMILES string of the molecule is NC(N)=NCCCC(N)C(=O)NC(CCCN=C(N)N)C(=O)NC(CO)C(=O)O. The van der Waals surface area contributed by atoms with E-state index in [9.17, 15) is 14.4 Å². The molecule has 0 fully saturated rings. The molecule has 29 heavy (non-hydrogen) atoms. The summed E-state index contributed by atoms with van der Waals surface area (Å²) in [7, 11) is 0. The van der Waals surface area contributed by atoms with Crippen LogP contribution in [0.5, 0.6) is 0 Å². The van der Waals surface area contributed by atoms with E-state index in [1.807, 2.05) is 0 Å². The number of carboxylic acids is 1. The lowest BCUT2D eigenvalue weighted by Crippen LogP contribution is -2.55. The van der Waals surface area contributed by atoms with Gasteiger partial charge < -0.3 is 49.5 Å². The van der Waals surface area contributed by atoms with Gasteiger partial charge in [0.15, 0.2) is 11.9 Å². The first-order valence-corrected chi connectivity index (χ1v) is 8.89. The van der Waals surface area contributed by atoms with E-state index < -0.39 is 42.5 Å². The number of nitrogens with two attached hydrogens (primary N) is 5. The van der Waals surface area contributed by atoms with Crippen LogP contribution >= 0.6 is 0 Å². The van der Waals surface area contributed by atoms with Gasteiger partial charge in [0.2, 0.25) is 11.8 Å². The van der Waals surface area contributed by atoms with Crippen molar-refractivity contribution in [1.29, 1.82) is 0 Å². The number of carbonyl (C=O) groups excluding carboxylic acids is 2. The number of rotatable bonds is 14. The lowest BCUT2D eigenvalue weighted by Gasteiger charge is -2.22. The summed E-state index contributed by atoms with van der Waals surface area (Å²) in [6, 6.07) is -3.52. The number of aliphatic carboxylic acids is 1. The number of aliphatic hydroxyl groups is 1. The first kappa shape index (κ1) is 25.9. The van der Waals surface area contributed by atoms with E-state index in [1.165, 1.54) is 0 Å². The Labute approximate surface area is 168 Å². The average Bonchev–Trinajstić information content (AvgIpc) is 2.64. The van der Waals surface area contributed by atoms with Gasteiger partial charge in [-0.1, -0.05) is 0 Å². The predicted octanol–water partition coefficient (Wildman–Crippen LogP) is -4.53. The van der Waals surface area contributed by atoms with Crippen molar-refractivity contribution >= 4 is 29.7 Å². The first-order chi connectivity index (χ1) is 13.6. The summed E-state index contributed by atoms with van der Waals surface area (Å²) in [6.07, 6.45) is 1.15. The fourth-order valence-corrected chi connectivity index (χ4v) is 2.16. The molecular formula is C15H31N9O5. The van der Waals surface area contributed by atoms with E-state index in [1.54, 1.807) is 0 Å². The predicted molar refractivity (Wildman–Crippen MR) is 106 cm³/mol. The molecule has 2 amide bonds. The Balaban J connectivity index is 4.91. The van der Waals surface area contributed by atoms with Crippen LogP contribution in [0.15, 0.2) is 9.98 Å². The van der Waals surface area contributed by atoms with Crippen molar-refractivity contribution < 1.29 is 24.6 Å². The van der Waals surface area contributed by atoms with Gasteiger partial charge in [0, 0.05) is 13.1 Å². The summed E-state index contributed by atoms with van der Waals surface area (Å²) in [5.74, 6) is -2.99. The van der Waals surface area contributed by atoms with Crippen molar-refractivity contribution in [1.82, 2.24) is 10.6 Å². The zero-order valence-corrected chi connectivity index (χ0v) is 16.1. The minimum absolute atomic E-state index is 0.0719. The molecule has 14 nitrogen and oxygen atoms in total. The van der Waals surface area contributed by atoms with E-state index in [4.69, 9.17) is 38.9 Å². The summed E-state index contributed by atoms with van der Waals surface area (Å²) in [5.41, 5.74) is 26.7. The molecule has 0 saturated carbocycles. The lowest BCUT2D eigenvalue weighted by molar-refractivity contribution is -0.143. The molecule has 0 aliphatic carbocycles. The minimum atomic E-state index is -1.51. The van der Waals surface area contributed by atoms with Gasteiger partial charge in [-0.15, -0.1) is 0 Å². The Morgan fingerprint density at radius 1 is 0.828 bits per heavy atom. The van der Waals surface area contributed by atoms with Crippen molar-refractivity contribution in [3.63, 3.8) is 0 Å². The van der Waals surface area contributed by atoms with Crippen molar-refractivity contribution in [2.75, 3.05) is 19.7 Å². The number of hydrogen-bond acceptors (Lipinski definition) is 7. The van der Waals surface area contributed by atoms with Crippen LogP contribution in [0.2, 0.25) is 0 Å². The van der Waals surface area contributed by atoms with Crippen LogP contribution < -0.4 is 39.3 Å². The maximum Gasteiger partial charge on any atom is 0.328 e. The molecule has 0 radical (unpaired) electrons. The maximum atomic E-state index is 12.4. The number of carbonyl (C=O) groups is 3. The summed E-state index contributed by atoms with van der Waals surface area (Å²) >= 11 is 0. The fraction of sp³-hybridized carbons (Fsp3) is 0.667. The van der Waals surface area contributed by atoms with E-state index >= 15 is 0 Å². The second-order valence-electron chi connectivity index (χ2n) is 6.15. The molecule has 166 valence electrons. The molecule has 0 spiro atoms. The number of carboxylic acid groups (broad SMARTS) is 1. The van der Waals surface area contributed by atoms with E-state index in [-0.39, 0.29) is 31.3 Å². The number of nitrogens with one attached hydrogen (secondary N) is 2. The number of aliphatic hydroxyl groups excluding tert-OH is 1. The van der Waals surface area contributed by atoms with E-state index in [2.05, 4.69) is 20.6 Å². The molecule has 14 N–H and O–H groups in total. The molecule has 0 heterocycles. The standard InChI is InChI=1S/C15H31N9O5/c16-8(3-1-5-21-14(17)18)11(26)23-9(4-2-6-22-15(19)20)12(27)24-10(7-25)13(28)29/h8-10,25H,1-7,16H2,(H,23,26)(H,24,27)(H,28,29)(H4,17,18,21)(H4,19,20,22). The van der Waals surface area contributed by atoms with Crippen molar-refractivity contribution in [3.05, 3.63) is 0 Å². The zero-order valence-electron chi connectivity index (χ0n) is 16.1. The van der Waals surface area contributed by atoms with Crippen LogP contribution in [0.3, 0.4) is 0 Å². The Bertz CT molecular complexity index is 603. The Kier molecular flexibility index (Phi) is 12.4. The minimum Gasteiger partial charge on any atom is -0.480 e. The molecule has 0 aromatic heterocycles. The van der Waals surface area contributed by atoms with E-state index in [0.717, 1.165) is 0 Å². The van der Waals surface area contributed by atoms with Crippen LogP contribution in [0.1, 0.15) is 25.7 Å². The quantitative estimate of drug-likeness (QED) is 0.0741. The fourth-order valence-electron chi connectivity index (χ4n) is 2.16. The third kappa shape index (κ3) is 12.0. The normalized spacial score (nSPS) is 13.4. The summed E-state index contributed by atoms with van der Waals surface area (Å²) < 4.78 is 0. The number of aliphatic imine (C=N–C) groups is 2. The largest absolute Gasteiger partial charge is 0.480 e. The van der Waals surface area contributed by atoms with Crippen LogP contribution in [-0.4, -0.2) is 77.7 Å². The van der Waals surface area contributed by atoms with E-state index in [0.29, 0.717) is 19.4 Å². The molecule has 3 unspecified atom stereocenters. The number of nitrogens with zero attached hydrogens (tertiary/aromatic N) is 2. The highest BCUT2D eigenvalue weighted by Gasteiger charge is 2.27. The Morgan fingerprint density at radius 3 is 1.76 bits per heavy atom. The average molecular weight is 417 g/mol. The molecule has 0 aromatic rings. The third-order valence-electron chi connectivity index (χ3n) is 3.68. The Morgan fingerprint density at radius 2 is 1.31 bits per heavy atom. The molecule has 0 saturated heterocycles. The molecule has 0 rings (SSSR count). The lowest BCUT2D eigenvalue weighted by atomic mass is 10.1. The number of guanidine groups is 2. The number of hydrogen-bond donors (Lipinski definition) is 9.